The molecule has 4 heteroatoms. The van der Waals surface area contributed by atoms with Gasteiger partial charge in [-0.1, -0.05) is 6.42 Å². The standard InChI is InChI=1S/C17H30N2O2/c1-2-10-18-14(3-1)13-19(15-4-5-15)16-6-8-17(9-7-16)20-11-12-21-17/h14-16,18H,1-13H2. The second-order valence-electron chi connectivity index (χ2n) is 7.41. The molecule has 4 fully saturated rings. The molecule has 1 unspecified atom stereocenters. The zero-order valence-electron chi connectivity index (χ0n) is 13.2. The maximum atomic E-state index is 5.88. The maximum Gasteiger partial charge on any atom is 0.168 e. The van der Waals surface area contributed by atoms with Crippen molar-refractivity contribution in [3.8, 4) is 0 Å². The summed E-state index contributed by atoms with van der Waals surface area (Å²) in [6.07, 6.45) is 11.7. The quantitative estimate of drug-likeness (QED) is 0.862. The molecule has 0 aromatic carbocycles. The molecule has 1 atom stereocenters. The minimum absolute atomic E-state index is 0.200. The molecule has 1 N–H and O–H groups in total. The molecule has 2 aliphatic heterocycles. The molecular formula is C17H30N2O2. The molecule has 0 amide bonds. The van der Waals surface area contributed by atoms with Crippen molar-refractivity contribution < 1.29 is 9.47 Å². The van der Waals surface area contributed by atoms with E-state index in [1.807, 2.05) is 0 Å². The lowest BCUT2D eigenvalue weighted by Crippen LogP contribution is -2.50. The first kappa shape index (κ1) is 14.4. The molecule has 1 spiro atoms. The van der Waals surface area contributed by atoms with Crippen LogP contribution in [0.5, 0.6) is 0 Å². The number of nitrogens with one attached hydrogen (secondary N) is 1. The van der Waals surface area contributed by atoms with Gasteiger partial charge in [-0.05, 0) is 45.1 Å². The van der Waals surface area contributed by atoms with E-state index in [2.05, 4.69) is 10.2 Å². The summed E-state index contributed by atoms with van der Waals surface area (Å²) < 4.78 is 11.8. The first-order valence-electron chi connectivity index (χ1n) is 9.12. The Hall–Kier alpha value is -0.160. The van der Waals surface area contributed by atoms with E-state index in [4.69, 9.17) is 9.47 Å². The smallest absolute Gasteiger partial charge is 0.168 e. The van der Waals surface area contributed by atoms with Crippen LogP contribution in [0, 0.1) is 0 Å². The minimum atomic E-state index is -0.200. The monoisotopic (exact) mass is 294 g/mol. The van der Waals surface area contributed by atoms with Crippen molar-refractivity contribution in [3.05, 3.63) is 0 Å². The highest BCUT2D eigenvalue weighted by molar-refractivity contribution is 4.95. The zero-order chi connectivity index (χ0) is 14.1. The van der Waals surface area contributed by atoms with Gasteiger partial charge in [0.25, 0.3) is 0 Å². The molecule has 4 aliphatic rings. The maximum absolute atomic E-state index is 5.88. The van der Waals surface area contributed by atoms with Crippen LogP contribution in [0.3, 0.4) is 0 Å². The molecule has 2 saturated carbocycles. The van der Waals surface area contributed by atoms with Gasteiger partial charge in [-0.25, -0.2) is 0 Å². The van der Waals surface area contributed by atoms with Crippen LogP contribution in [0.15, 0.2) is 0 Å². The van der Waals surface area contributed by atoms with Crippen molar-refractivity contribution in [2.75, 3.05) is 26.3 Å². The van der Waals surface area contributed by atoms with E-state index in [1.165, 1.54) is 58.0 Å². The van der Waals surface area contributed by atoms with Crippen LogP contribution in [0.2, 0.25) is 0 Å². The van der Waals surface area contributed by atoms with E-state index in [9.17, 15) is 0 Å². The number of nitrogens with zero attached hydrogens (tertiary/aromatic N) is 1. The Morgan fingerprint density at radius 1 is 0.905 bits per heavy atom. The molecule has 0 aromatic rings. The van der Waals surface area contributed by atoms with Crippen molar-refractivity contribution >= 4 is 0 Å². The number of hydrogen-bond donors (Lipinski definition) is 1. The normalized spacial score (nSPS) is 33.9. The highest BCUT2D eigenvalue weighted by atomic mass is 16.7. The average molecular weight is 294 g/mol. The van der Waals surface area contributed by atoms with Crippen LogP contribution in [-0.4, -0.2) is 55.1 Å². The molecule has 4 nitrogen and oxygen atoms in total. The van der Waals surface area contributed by atoms with Crippen molar-refractivity contribution in [3.63, 3.8) is 0 Å². The second kappa shape index (κ2) is 6.15. The summed E-state index contributed by atoms with van der Waals surface area (Å²) in [4.78, 5) is 2.84. The minimum Gasteiger partial charge on any atom is -0.348 e. The highest BCUT2D eigenvalue weighted by Gasteiger charge is 2.44. The number of ether oxygens (including phenoxy) is 2. The Bertz CT molecular complexity index is 337. The van der Waals surface area contributed by atoms with E-state index in [0.29, 0.717) is 0 Å². The van der Waals surface area contributed by atoms with Crippen LogP contribution >= 0.6 is 0 Å². The summed E-state index contributed by atoms with van der Waals surface area (Å²) in [7, 11) is 0. The molecule has 21 heavy (non-hydrogen) atoms. The van der Waals surface area contributed by atoms with Crippen LogP contribution in [0.1, 0.15) is 57.8 Å². The van der Waals surface area contributed by atoms with E-state index < -0.39 is 0 Å². The van der Waals surface area contributed by atoms with Gasteiger partial charge in [-0.15, -0.1) is 0 Å². The topological polar surface area (TPSA) is 33.7 Å². The van der Waals surface area contributed by atoms with Gasteiger partial charge >= 0.3 is 0 Å². The highest BCUT2D eigenvalue weighted by Crippen LogP contribution is 2.40. The first-order chi connectivity index (χ1) is 10.3. The van der Waals surface area contributed by atoms with E-state index >= 15 is 0 Å². The Morgan fingerprint density at radius 2 is 1.62 bits per heavy atom. The van der Waals surface area contributed by atoms with Crippen molar-refractivity contribution in [1.29, 1.82) is 0 Å². The fraction of sp³-hybridized carbons (Fsp3) is 1.00. The van der Waals surface area contributed by atoms with Gasteiger partial charge in [0, 0.05) is 37.5 Å². The lowest BCUT2D eigenvalue weighted by Gasteiger charge is -2.42. The van der Waals surface area contributed by atoms with E-state index in [0.717, 1.165) is 44.2 Å². The van der Waals surface area contributed by atoms with Gasteiger partial charge in [0.05, 0.1) is 13.2 Å². The number of hydrogen-bond acceptors (Lipinski definition) is 4. The van der Waals surface area contributed by atoms with Gasteiger partial charge in [-0.2, -0.15) is 0 Å². The van der Waals surface area contributed by atoms with Crippen LogP contribution in [0.25, 0.3) is 0 Å². The summed E-state index contributed by atoms with van der Waals surface area (Å²) >= 11 is 0. The number of rotatable bonds is 4. The lowest BCUT2D eigenvalue weighted by molar-refractivity contribution is -0.184. The molecule has 120 valence electrons. The third-order valence-electron chi connectivity index (χ3n) is 5.86. The van der Waals surface area contributed by atoms with E-state index in [1.54, 1.807) is 0 Å². The summed E-state index contributed by atoms with van der Waals surface area (Å²) in [6, 6.07) is 2.37. The molecule has 0 radical (unpaired) electrons. The predicted octanol–water partition coefficient (Wildman–Crippen LogP) is 2.28. The fourth-order valence-corrected chi connectivity index (χ4v) is 4.50. The average Bonchev–Trinajstić information content (AvgIpc) is 3.28. The molecule has 0 bridgehead atoms. The predicted molar refractivity (Wildman–Crippen MR) is 82.3 cm³/mol. The van der Waals surface area contributed by atoms with Gasteiger partial charge in [-0.3, -0.25) is 4.90 Å². The molecular weight excluding hydrogens is 264 g/mol. The van der Waals surface area contributed by atoms with Gasteiger partial charge < -0.3 is 14.8 Å². The van der Waals surface area contributed by atoms with Crippen LogP contribution in [0.4, 0.5) is 0 Å². The largest absolute Gasteiger partial charge is 0.348 e. The fourth-order valence-electron chi connectivity index (χ4n) is 4.50. The van der Waals surface area contributed by atoms with Gasteiger partial charge in [0.1, 0.15) is 0 Å². The SMILES string of the molecule is C1CCC(CN(C2CC2)C2CCC3(CC2)OCCO3)NC1. The Kier molecular flexibility index (Phi) is 4.23. The Labute approximate surface area is 128 Å². The second-order valence-corrected chi connectivity index (χ2v) is 7.41. The van der Waals surface area contributed by atoms with Crippen LogP contribution in [-0.2, 0) is 9.47 Å². The molecule has 2 heterocycles. The summed E-state index contributed by atoms with van der Waals surface area (Å²) in [5.41, 5.74) is 0. The van der Waals surface area contributed by atoms with E-state index in [-0.39, 0.29) is 5.79 Å². The van der Waals surface area contributed by atoms with Crippen molar-refractivity contribution in [2.24, 2.45) is 0 Å². The summed E-state index contributed by atoms with van der Waals surface area (Å²) in [5.74, 6) is -0.200. The zero-order valence-corrected chi connectivity index (χ0v) is 13.2. The molecule has 2 saturated heterocycles. The summed E-state index contributed by atoms with van der Waals surface area (Å²) in [5, 5.41) is 3.73. The lowest BCUT2D eigenvalue weighted by atomic mass is 9.88. The third kappa shape index (κ3) is 3.29. The summed E-state index contributed by atoms with van der Waals surface area (Å²) in [6.45, 7) is 4.08. The van der Waals surface area contributed by atoms with Crippen molar-refractivity contribution in [2.45, 2.75) is 81.7 Å². The molecule has 2 aliphatic carbocycles. The molecule has 0 aromatic heterocycles. The number of piperidine rings is 1. The first-order valence-corrected chi connectivity index (χ1v) is 9.12. The molecule has 4 rings (SSSR count). The van der Waals surface area contributed by atoms with Crippen molar-refractivity contribution in [1.82, 2.24) is 10.2 Å². The Morgan fingerprint density at radius 3 is 2.24 bits per heavy atom. The van der Waals surface area contributed by atoms with Crippen LogP contribution < -0.4 is 5.32 Å². The van der Waals surface area contributed by atoms with Gasteiger partial charge in [0.2, 0.25) is 0 Å². The third-order valence-corrected chi connectivity index (χ3v) is 5.86. The van der Waals surface area contributed by atoms with Gasteiger partial charge in [0.15, 0.2) is 5.79 Å². The Balaban J connectivity index is 1.34.